The Balaban J connectivity index is 1.46. The maximum Gasteiger partial charge on any atom is 0.262 e. The Morgan fingerprint density at radius 2 is 1.87 bits per heavy atom. The highest BCUT2D eigenvalue weighted by Crippen LogP contribution is 2.39. The van der Waals surface area contributed by atoms with Gasteiger partial charge >= 0.3 is 0 Å². The fourth-order valence-corrected chi connectivity index (χ4v) is 4.47. The van der Waals surface area contributed by atoms with E-state index >= 15 is 0 Å². The van der Waals surface area contributed by atoms with E-state index in [0.717, 1.165) is 11.6 Å². The molecule has 196 valence electrons. The van der Waals surface area contributed by atoms with Crippen molar-refractivity contribution < 1.29 is 32.6 Å². The van der Waals surface area contributed by atoms with E-state index in [1.54, 1.807) is 36.4 Å². The summed E-state index contributed by atoms with van der Waals surface area (Å²) in [6.07, 6.45) is 0.252. The van der Waals surface area contributed by atoms with Crippen LogP contribution in [-0.4, -0.2) is 61.0 Å². The summed E-state index contributed by atoms with van der Waals surface area (Å²) in [5.41, 5.74) is 1.52. The lowest BCUT2D eigenvalue weighted by Gasteiger charge is -2.27. The summed E-state index contributed by atoms with van der Waals surface area (Å²) >= 11 is 0. The molecule has 0 bridgehead atoms. The number of benzene rings is 3. The fraction of sp³-hybridized carbons (Fsp3) is 0.250. The van der Waals surface area contributed by atoms with Crippen molar-refractivity contribution in [2.45, 2.75) is 12.5 Å². The van der Waals surface area contributed by atoms with E-state index in [1.165, 1.54) is 41.3 Å². The van der Waals surface area contributed by atoms with Crippen molar-refractivity contribution in [1.29, 1.82) is 0 Å². The van der Waals surface area contributed by atoms with Gasteiger partial charge in [-0.1, -0.05) is 30.3 Å². The monoisotopic (exact) mass is 521 g/mol. The Morgan fingerprint density at radius 3 is 2.66 bits per heavy atom. The van der Waals surface area contributed by atoms with Crippen LogP contribution in [0.15, 0.2) is 71.8 Å². The van der Waals surface area contributed by atoms with Gasteiger partial charge in [-0.15, -0.1) is 0 Å². The van der Waals surface area contributed by atoms with Gasteiger partial charge in [0, 0.05) is 31.2 Å². The molecule has 0 aliphatic carbocycles. The number of methoxy groups -OCH3 is 1. The van der Waals surface area contributed by atoms with Gasteiger partial charge in [-0.3, -0.25) is 9.59 Å². The van der Waals surface area contributed by atoms with Crippen LogP contribution in [0.5, 0.6) is 11.5 Å². The molecule has 0 unspecified atom stereocenters. The molecule has 2 aliphatic heterocycles. The largest absolute Gasteiger partial charge is 0.454 e. The highest BCUT2D eigenvalue weighted by Gasteiger charge is 2.36. The lowest BCUT2D eigenvalue weighted by atomic mass is 9.97. The van der Waals surface area contributed by atoms with Crippen molar-refractivity contribution in [3.8, 4) is 11.5 Å². The molecule has 1 atom stereocenters. The van der Waals surface area contributed by atoms with Crippen molar-refractivity contribution in [3.63, 3.8) is 0 Å². The van der Waals surface area contributed by atoms with Crippen LogP contribution in [0.1, 0.15) is 33.9 Å². The number of ether oxygens (including phenoxy) is 3. The smallest absolute Gasteiger partial charge is 0.262 e. The topological polar surface area (TPSA) is 80.7 Å². The van der Waals surface area contributed by atoms with Gasteiger partial charge in [0.1, 0.15) is 18.2 Å². The third-order valence-electron chi connectivity index (χ3n) is 6.38. The Morgan fingerprint density at radius 1 is 1.05 bits per heavy atom. The Bertz CT molecular complexity index is 1400. The lowest BCUT2D eigenvalue weighted by molar-refractivity contribution is -0.133. The van der Waals surface area contributed by atoms with Gasteiger partial charge in [0.15, 0.2) is 11.5 Å². The first-order chi connectivity index (χ1) is 18.4. The van der Waals surface area contributed by atoms with Crippen molar-refractivity contribution in [3.05, 3.63) is 95.1 Å². The molecule has 8 nitrogen and oxygen atoms in total. The number of amides is 2. The second-order valence-electron chi connectivity index (χ2n) is 8.83. The van der Waals surface area contributed by atoms with Crippen LogP contribution in [0, 0.1) is 11.6 Å². The van der Waals surface area contributed by atoms with Crippen molar-refractivity contribution in [1.82, 2.24) is 9.91 Å². The summed E-state index contributed by atoms with van der Waals surface area (Å²) in [5, 5.41) is 5.78. The average molecular weight is 522 g/mol. The van der Waals surface area contributed by atoms with Crippen LogP contribution >= 0.6 is 0 Å². The van der Waals surface area contributed by atoms with Gasteiger partial charge in [0.05, 0.1) is 18.4 Å². The normalized spacial score (nSPS) is 15.9. The second-order valence-corrected chi connectivity index (χ2v) is 8.83. The van der Waals surface area contributed by atoms with Crippen LogP contribution < -0.4 is 9.47 Å². The molecule has 3 aromatic carbocycles. The predicted molar refractivity (Wildman–Crippen MR) is 134 cm³/mol. The molecule has 0 fully saturated rings. The summed E-state index contributed by atoms with van der Waals surface area (Å²) < 4.78 is 44.4. The molecule has 38 heavy (non-hydrogen) atoms. The zero-order valence-corrected chi connectivity index (χ0v) is 20.6. The molecule has 0 saturated carbocycles. The van der Waals surface area contributed by atoms with E-state index in [-0.39, 0.29) is 38.5 Å². The Labute approximate surface area is 218 Å². The number of rotatable bonds is 8. The van der Waals surface area contributed by atoms with E-state index < -0.39 is 29.5 Å². The minimum absolute atomic E-state index is 0.0970. The number of fused-ring (bicyclic) bond motifs is 1. The molecule has 2 aliphatic rings. The second kappa shape index (κ2) is 11.0. The van der Waals surface area contributed by atoms with E-state index in [2.05, 4.69) is 5.10 Å². The number of nitrogens with zero attached hydrogens (tertiary/aromatic N) is 3. The standard InChI is InChI=1S/C28H25F2N3O5/c1-36-12-11-32(28(35)19-5-4-6-20(29)13-19)16-27(34)33-24(18-9-10-25-26(14-18)38-17-37-25)15-23(31-33)21-7-2-3-8-22(21)30/h2-10,13-14,24H,11-12,15-17H2,1H3/t24-/m1/s1. The van der Waals surface area contributed by atoms with Crippen LogP contribution in [0.4, 0.5) is 8.78 Å². The number of halogens is 2. The van der Waals surface area contributed by atoms with Gasteiger partial charge in [0.2, 0.25) is 6.79 Å². The molecular formula is C28H25F2N3O5. The average Bonchev–Trinajstić information content (AvgIpc) is 3.58. The summed E-state index contributed by atoms with van der Waals surface area (Å²) in [6.45, 7) is 0.0290. The third kappa shape index (κ3) is 5.21. The van der Waals surface area contributed by atoms with E-state index in [1.807, 2.05) is 0 Å². The van der Waals surface area contributed by atoms with Crippen LogP contribution in [-0.2, 0) is 9.53 Å². The van der Waals surface area contributed by atoms with Crippen molar-refractivity contribution >= 4 is 17.5 Å². The van der Waals surface area contributed by atoms with Gasteiger partial charge in [-0.05, 0) is 42.0 Å². The van der Waals surface area contributed by atoms with E-state index in [4.69, 9.17) is 14.2 Å². The first kappa shape index (κ1) is 25.3. The molecule has 3 aromatic rings. The highest BCUT2D eigenvalue weighted by molar-refractivity contribution is 6.04. The number of hydrogen-bond acceptors (Lipinski definition) is 6. The zero-order valence-electron chi connectivity index (χ0n) is 20.6. The summed E-state index contributed by atoms with van der Waals surface area (Å²) in [5.74, 6) is -0.890. The van der Waals surface area contributed by atoms with Crippen molar-refractivity contribution in [2.24, 2.45) is 5.10 Å². The molecule has 2 heterocycles. The predicted octanol–water partition coefficient (Wildman–Crippen LogP) is 4.16. The van der Waals surface area contributed by atoms with Crippen LogP contribution in [0.3, 0.4) is 0 Å². The molecular weight excluding hydrogens is 496 g/mol. The maximum absolute atomic E-state index is 14.6. The first-order valence-electron chi connectivity index (χ1n) is 12.0. The molecule has 5 rings (SSSR count). The SMILES string of the molecule is COCCN(CC(=O)N1N=C(c2ccccc2F)C[C@@H]1c1ccc2c(c1)OCO2)C(=O)c1cccc(F)c1. The van der Waals surface area contributed by atoms with Gasteiger partial charge in [-0.25, -0.2) is 13.8 Å². The summed E-state index contributed by atoms with van der Waals surface area (Å²) in [7, 11) is 1.48. The molecule has 0 radical (unpaired) electrons. The van der Waals surface area contributed by atoms with Gasteiger partial charge in [0.25, 0.3) is 11.8 Å². The Kier molecular flexibility index (Phi) is 7.32. The van der Waals surface area contributed by atoms with E-state index in [0.29, 0.717) is 22.8 Å². The fourth-order valence-electron chi connectivity index (χ4n) is 4.47. The molecule has 0 aromatic heterocycles. The molecule has 0 N–H and O–H groups in total. The number of carbonyl (C=O) groups is 2. The maximum atomic E-state index is 14.6. The van der Waals surface area contributed by atoms with Crippen molar-refractivity contribution in [2.75, 3.05) is 33.6 Å². The number of carbonyl (C=O) groups excluding carboxylic acids is 2. The highest BCUT2D eigenvalue weighted by atomic mass is 19.1. The van der Waals surface area contributed by atoms with E-state index in [9.17, 15) is 18.4 Å². The molecule has 2 amide bonds. The Hall–Kier alpha value is -4.31. The molecule has 0 saturated heterocycles. The molecule has 0 spiro atoms. The summed E-state index contributed by atoms with van der Waals surface area (Å²) in [4.78, 5) is 28.1. The number of hydrogen-bond donors (Lipinski definition) is 0. The number of hydrazone groups is 1. The summed E-state index contributed by atoms with van der Waals surface area (Å²) in [6, 6.07) is 16.2. The van der Waals surface area contributed by atoms with Crippen LogP contribution in [0.25, 0.3) is 0 Å². The quantitative estimate of drug-likeness (QED) is 0.445. The third-order valence-corrected chi connectivity index (χ3v) is 6.38. The molecule has 10 heteroatoms. The minimum atomic E-state index is -0.569. The first-order valence-corrected chi connectivity index (χ1v) is 12.0. The lowest BCUT2D eigenvalue weighted by Crippen LogP contribution is -2.42. The van der Waals surface area contributed by atoms with Gasteiger partial charge in [-0.2, -0.15) is 5.10 Å². The van der Waals surface area contributed by atoms with Gasteiger partial charge < -0.3 is 19.1 Å². The zero-order chi connectivity index (χ0) is 26.6. The van der Waals surface area contributed by atoms with Crippen LogP contribution in [0.2, 0.25) is 0 Å². The minimum Gasteiger partial charge on any atom is -0.454 e.